The molecule has 0 radical (unpaired) electrons. The number of carbonyl (C=O) groups excluding carboxylic acids is 1. The molecule has 0 saturated carbocycles. The van der Waals surface area contributed by atoms with Crippen LogP contribution in [0.1, 0.15) is 13.3 Å². The number of benzene rings is 1. The second-order valence-electron chi connectivity index (χ2n) is 4.31. The van der Waals surface area contributed by atoms with E-state index in [1.54, 1.807) is 6.92 Å². The van der Waals surface area contributed by atoms with E-state index in [0.717, 1.165) is 6.07 Å². The molecule has 0 bridgehead atoms. The van der Waals surface area contributed by atoms with E-state index >= 15 is 0 Å². The maximum Gasteiger partial charge on any atom is 0.230 e. The van der Waals surface area contributed by atoms with Gasteiger partial charge in [0, 0.05) is 12.7 Å². The molecule has 1 amide bonds. The molecule has 1 aliphatic heterocycles. The Morgan fingerprint density at radius 1 is 1.44 bits per heavy atom. The predicted octanol–water partition coefficient (Wildman–Crippen LogP) is 1.91. The molecule has 1 aromatic carbocycles. The molecule has 0 aliphatic carbocycles. The molecule has 3 N–H and O–H groups in total. The smallest absolute Gasteiger partial charge is 0.230 e. The Balaban J connectivity index is 2.14. The van der Waals surface area contributed by atoms with E-state index in [0.29, 0.717) is 19.1 Å². The Labute approximate surface area is 103 Å². The SMILES string of the molecule is CC1OCCC1C(=O)Nc1cc(N)c(F)cc1F. The number of rotatable bonds is 2. The van der Waals surface area contributed by atoms with Crippen molar-refractivity contribution in [2.45, 2.75) is 19.4 Å². The summed E-state index contributed by atoms with van der Waals surface area (Å²) in [7, 11) is 0. The van der Waals surface area contributed by atoms with Gasteiger partial charge in [-0.1, -0.05) is 0 Å². The van der Waals surface area contributed by atoms with Gasteiger partial charge in [0.05, 0.1) is 23.4 Å². The highest BCUT2D eigenvalue weighted by molar-refractivity contribution is 5.93. The molecule has 0 aromatic heterocycles. The van der Waals surface area contributed by atoms with E-state index in [9.17, 15) is 13.6 Å². The molecule has 1 heterocycles. The van der Waals surface area contributed by atoms with E-state index in [1.165, 1.54) is 0 Å². The normalized spacial score (nSPS) is 23.1. The maximum absolute atomic E-state index is 13.4. The van der Waals surface area contributed by atoms with Crippen molar-refractivity contribution in [3.8, 4) is 0 Å². The quantitative estimate of drug-likeness (QED) is 0.794. The fourth-order valence-electron chi connectivity index (χ4n) is 1.96. The topological polar surface area (TPSA) is 64.3 Å². The van der Waals surface area contributed by atoms with Crippen LogP contribution in [0.4, 0.5) is 20.2 Å². The number of anilines is 2. The van der Waals surface area contributed by atoms with Gasteiger partial charge in [-0.3, -0.25) is 4.79 Å². The summed E-state index contributed by atoms with van der Waals surface area (Å²) in [6.07, 6.45) is 0.386. The first kappa shape index (κ1) is 12.8. The summed E-state index contributed by atoms with van der Waals surface area (Å²) >= 11 is 0. The van der Waals surface area contributed by atoms with Gasteiger partial charge in [0.2, 0.25) is 5.91 Å². The van der Waals surface area contributed by atoms with E-state index in [4.69, 9.17) is 10.5 Å². The van der Waals surface area contributed by atoms with Crippen molar-refractivity contribution in [2.75, 3.05) is 17.7 Å². The van der Waals surface area contributed by atoms with Crippen molar-refractivity contribution in [1.82, 2.24) is 0 Å². The zero-order chi connectivity index (χ0) is 13.3. The Hall–Kier alpha value is -1.69. The number of nitrogen functional groups attached to an aromatic ring is 1. The molecule has 4 nitrogen and oxygen atoms in total. The summed E-state index contributed by atoms with van der Waals surface area (Å²) in [6.45, 7) is 2.29. The predicted molar refractivity (Wildman–Crippen MR) is 62.9 cm³/mol. The summed E-state index contributed by atoms with van der Waals surface area (Å²) in [5, 5.41) is 2.41. The van der Waals surface area contributed by atoms with Crippen LogP contribution in [0.2, 0.25) is 0 Å². The maximum atomic E-state index is 13.4. The molecule has 1 saturated heterocycles. The van der Waals surface area contributed by atoms with Crippen LogP contribution in [0.15, 0.2) is 12.1 Å². The molecular weight excluding hydrogens is 242 g/mol. The third-order valence-corrected chi connectivity index (χ3v) is 3.06. The average molecular weight is 256 g/mol. The number of hydrogen-bond acceptors (Lipinski definition) is 3. The third kappa shape index (κ3) is 2.43. The summed E-state index contributed by atoms with van der Waals surface area (Å²) in [5.74, 6) is -2.36. The van der Waals surface area contributed by atoms with Crippen molar-refractivity contribution in [1.29, 1.82) is 0 Å². The number of carbonyl (C=O) groups is 1. The summed E-state index contributed by atoms with van der Waals surface area (Å²) in [4.78, 5) is 11.9. The third-order valence-electron chi connectivity index (χ3n) is 3.06. The van der Waals surface area contributed by atoms with Gasteiger partial charge in [0.1, 0.15) is 11.6 Å². The molecular formula is C12H14F2N2O2. The molecule has 18 heavy (non-hydrogen) atoms. The number of hydrogen-bond donors (Lipinski definition) is 2. The van der Waals surface area contributed by atoms with Crippen LogP contribution in [-0.2, 0) is 9.53 Å². The van der Waals surface area contributed by atoms with E-state index < -0.39 is 11.6 Å². The van der Waals surface area contributed by atoms with Gasteiger partial charge in [0.15, 0.2) is 0 Å². The molecule has 2 unspecified atom stereocenters. The van der Waals surface area contributed by atoms with Crippen molar-refractivity contribution in [3.63, 3.8) is 0 Å². The van der Waals surface area contributed by atoms with Crippen LogP contribution in [0, 0.1) is 17.6 Å². The van der Waals surface area contributed by atoms with Crippen LogP contribution in [0.3, 0.4) is 0 Å². The lowest BCUT2D eigenvalue weighted by molar-refractivity contribution is -0.121. The van der Waals surface area contributed by atoms with Gasteiger partial charge in [-0.05, 0) is 19.4 Å². The van der Waals surface area contributed by atoms with Crippen molar-refractivity contribution in [3.05, 3.63) is 23.8 Å². The molecule has 1 fully saturated rings. The lowest BCUT2D eigenvalue weighted by atomic mass is 10.0. The molecule has 6 heteroatoms. The fourth-order valence-corrected chi connectivity index (χ4v) is 1.96. The number of amides is 1. The molecule has 1 aromatic rings. The van der Waals surface area contributed by atoms with Crippen molar-refractivity contribution < 1.29 is 18.3 Å². The molecule has 98 valence electrons. The van der Waals surface area contributed by atoms with Gasteiger partial charge in [-0.2, -0.15) is 0 Å². The second-order valence-corrected chi connectivity index (χ2v) is 4.31. The number of halogens is 2. The van der Waals surface area contributed by atoms with Gasteiger partial charge in [-0.15, -0.1) is 0 Å². The minimum Gasteiger partial charge on any atom is -0.396 e. The molecule has 1 aliphatic rings. The van der Waals surface area contributed by atoms with Gasteiger partial charge < -0.3 is 15.8 Å². The minimum absolute atomic E-state index is 0.113. The molecule has 2 atom stereocenters. The highest BCUT2D eigenvalue weighted by Crippen LogP contribution is 2.25. The lowest BCUT2D eigenvalue weighted by Crippen LogP contribution is -2.28. The molecule has 2 rings (SSSR count). The number of ether oxygens (including phenoxy) is 1. The molecule has 0 spiro atoms. The van der Waals surface area contributed by atoms with E-state index in [1.807, 2.05) is 0 Å². The van der Waals surface area contributed by atoms with Crippen LogP contribution in [0.25, 0.3) is 0 Å². The average Bonchev–Trinajstić information content (AvgIpc) is 2.72. The monoisotopic (exact) mass is 256 g/mol. The Morgan fingerprint density at radius 2 is 2.17 bits per heavy atom. The lowest BCUT2D eigenvalue weighted by Gasteiger charge is -2.14. The first-order valence-corrected chi connectivity index (χ1v) is 5.66. The zero-order valence-electron chi connectivity index (χ0n) is 9.87. The standard InChI is InChI=1S/C12H14F2N2O2/c1-6-7(2-3-18-6)12(17)16-11-5-10(15)8(13)4-9(11)14/h4-7H,2-3,15H2,1H3,(H,16,17). The van der Waals surface area contributed by atoms with Crippen LogP contribution >= 0.6 is 0 Å². The van der Waals surface area contributed by atoms with E-state index in [2.05, 4.69) is 5.32 Å². The number of nitrogens with two attached hydrogens (primary N) is 1. The van der Waals surface area contributed by atoms with E-state index in [-0.39, 0.29) is 29.3 Å². The number of nitrogens with one attached hydrogen (secondary N) is 1. The largest absolute Gasteiger partial charge is 0.396 e. The Morgan fingerprint density at radius 3 is 2.78 bits per heavy atom. The highest BCUT2D eigenvalue weighted by atomic mass is 19.1. The Kier molecular flexibility index (Phi) is 3.47. The highest BCUT2D eigenvalue weighted by Gasteiger charge is 2.31. The van der Waals surface area contributed by atoms with Gasteiger partial charge in [-0.25, -0.2) is 8.78 Å². The zero-order valence-corrected chi connectivity index (χ0v) is 9.87. The van der Waals surface area contributed by atoms with Gasteiger partial charge >= 0.3 is 0 Å². The summed E-state index contributed by atoms with van der Waals surface area (Å²) in [5.41, 5.74) is 5.01. The van der Waals surface area contributed by atoms with Crippen LogP contribution in [0.5, 0.6) is 0 Å². The first-order valence-electron chi connectivity index (χ1n) is 5.66. The van der Waals surface area contributed by atoms with Crippen molar-refractivity contribution in [2.24, 2.45) is 5.92 Å². The van der Waals surface area contributed by atoms with Crippen LogP contribution < -0.4 is 11.1 Å². The minimum atomic E-state index is -0.846. The first-order chi connectivity index (χ1) is 8.49. The summed E-state index contributed by atoms with van der Waals surface area (Å²) in [6, 6.07) is 1.72. The fraction of sp³-hybridized carbons (Fsp3) is 0.417. The Bertz CT molecular complexity index is 479. The van der Waals surface area contributed by atoms with Gasteiger partial charge in [0.25, 0.3) is 0 Å². The van der Waals surface area contributed by atoms with Crippen LogP contribution in [-0.4, -0.2) is 18.6 Å². The summed E-state index contributed by atoms with van der Waals surface area (Å²) < 4.78 is 31.7. The second kappa shape index (κ2) is 4.89. The van der Waals surface area contributed by atoms with Crippen molar-refractivity contribution >= 4 is 17.3 Å².